The van der Waals surface area contributed by atoms with Crippen LogP contribution in [0.5, 0.6) is 0 Å². The largest absolute Gasteiger partial charge is 0.542 e. The summed E-state index contributed by atoms with van der Waals surface area (Å²) in [6.45, 7) is 9.75. The number of alkyl halides is 1. The van der Waals surface area contributed by atoms with Crippen molar-refractivity contribution >= 4 is 140 Å². The van der Waals surface area contributed by atoms with E-state index in [9.17, 15) is 47.9 Å². The summed E-state index contributed by atoms with van der Waals surface area (Å²) < 4.78 is 19.0. The number of imide groups is 1. The third kappa shape index (κ3) is 38.6. The number of carboxylic acid groups (broad SMARTS) is 2. The van der Waals surface area contributed by atoms with Crippen LogP contribution in [0.25, 0.3) is 5.53 Å². The molecule has 2 heterocycles. The van der Waals surface area contributed by atoms with Crippen LogP contribution in [0.3, 0.4) is 0 Å². The average molecular weight is 1560 g/mol. The van der Waals surface area contributed by atoms with E-state index in [4.69, 9.17) is 53.1 Å². The minimum atomic E-state index is -1.31. The summed E-state index contributed by atoms with van der Waals surface area (Å²) in [6.07, 6.45) is -5.41. The van der Waals surface area contributed by atoms with Crippen LogP contribution in [0.15, 0.2) is 222 Å². The van der Waals surface area contributed by atoms with Crippen molar-refractivity contribution in [1.82, 2.24) is 10.0 Å². The maximum Gasteiger partial charge on any atom is 0.378 e. The van der Waals surface area contributed by atoms with Gasteiger partial charge in [-0.05, 0) is 84.9 Å². The van der Waals surface area contributed by atoms with Gasteiger partial charge in [0, 0.05) is 27.6 Å². The number of benzene rings is 7. The number of oxime groups is 1. The molecule has 7 aromatic carbocycles. The van der Waals surface area contributed by atoms with Crippen LogP contribution in [0.1, 0.15) is 133 Å². The van der Waals surface area contributed by atoms with Crippen molar-refractivity contribution in [3.05, 3.63) is 272 Å². The van der Waals surface area contributed by atoms with Gasteiger partial charge in [-0.1, -0.05) is 197 Å². The highest BCUT2D eigenvalue weighted by Crippen LogP contribution is 2.24. The number of amides is 2. The monoisotopic (exact) mass is 1560 g/mol. The number of aliphatic hydroxyl groups excluding tert-OH is 2. The van der Waals surface area contributed by atoms with E-state index in [0.29, 0.717) is 15.8 Å². The number of ketones is 1. The Morgan fingerprint density at radius 2 is 0.838 bits per heavy atom. The lowest BCUT2D eigenvalue weighted by Gasteiger charge is -2.17. The highest BCUT2D eigenvalue weighted by Gasteiger charge is 2.38. The standard InChI is InChI=1S/C13H12N2.C13H10N2.C13H10O.C11H8BNO5.C9H9BN2O5S.C3H4BClO2.C3H6BNO3.C3H5BO3.C3H6O3.3CH4/c2*14-15-13(11-7-3-1-4-8-11)12-9-5-2-6-10-12;14-13(11-7-3-1-4-8-11)12-9-5-2-6-10-12;1-6(11(16)17-12)18-13-9(14)7-4-2-3-5-8(7)10(13)15;1-4(9(15)16-10)17-12-7(8(13)14)6-3-18-5(2)11-6;1-2(5)3(6)7-4;1-2(8-5)3(6)7-4;1-2(5)3(6)7-4;1-2(4)3(5)6;;;/h1-10H,14H2;1-10H;1-10H;2-6H,1H3;3-4H,1-2H3,(H,13,14);2H,1H3;2H,5H2,1H3;2,5H,1H3;2,4H,1H3,(H,5,6);3*1H4/b;;;;12-7-;;;;;;;/t;;;6-;4-;;3*2-;;;/m...00.000.../s1. The average Bonchev–Trinajstić information content (AvgIpc) is 1.64. The van der Waals surface area contributed by atoms with E-state index in [2.05, 4.69) is 94.3 Å². The second-order valence-electron chi connectivity index (χ2n) is 20.7. The Morgan fingerprint density at radius 3 is 1.09 bits per heavy atom. The van der Waals surface area contributed by atoms with Crippen molar-refractivity contribution < 1.29 is 111 Å². The fourth-order valence-electron chi connectivity index (χ4n) is 7.17. The van der Waals surface area contributed by atoms with Gasteiger partial charge in [-0.15, -0.1) is 28.0 Å². The number of carbonyl (C=O) groups is 10. The van der Waals surface area contributed by atoms with Crippen LogP contribution < -0.4 is 11.7 Å². The zero-order chi connectivity index (χ0) is 81.3. The number of fused-ring (bicyclic) bond motifs is 1. The maximum atomic E-state index is 11.9. The molecule has 6 atom stereocenters. The summed E-state index contributed by atoms with van der Waals surface area (Å²) in [4.78, 5) is 129. The van der Waals surface area contributed by atoms with Gasteiger partial charge < -0.3 is 59.9 Å². The molecule has 0 spiro atoms. The number of aliphatic hydroxyl groups is 2. The fourth-order valence-corrected chi connectivity index (χ4v) is 7.82. The first-order chi connectivity index (χ1) is 51.4. The minimum absolute atomic E-state index is 0. The Bertz CT molecular complexity index is 4060. The zero-order valence-corrected chi connectivity index (χ0v) is 60.4. The number of carbonyl (C=O) groups excluding carboxylic acids is 8. The number of thiazole rings is 1. The quantitative estimate of drug-likeness (QED) is 0.00513. The number of aromatic nitrogens is 1. The van der Waals surface area contributed by atoms with Crippen LogP contribution in [0, 0.1) is 6.92 Å². The number of carboxylic acids is 2. The molecule has 0 aliphatic carbocycles. The van der Waals surface area contributed by atoms with E-state index in [0.717, 1.165) is 39.1 Å². The van der Waals surface area contributed by atoms with Crippen molar-refractivity contribution in [2.45, 2.75) is 107 Å². The van der Waals surface area contributed by atoms with Crippen LogP contribution in [-0.4, -0.2) is 188 Å². The Balaban J connectivity index is -0.00000121. The second-order valence-corrected chi connectivity index (χ2v) is 22.4. The summed E-state index contributed by atoms with van der Waals surface area (Å²) in [5, 5.41) is 42.3. The molecule has 0 saturated heterocycles. The van der Waals surface area contributed by atoms with Gasteiger partial charge in [-0.25, -0.2) is 30.1 Å². The van der Waals surface area contributed by atoms with Gasteiger partial charge in [0.05, 0.1) is 33.0 Å². The number of hydroxylamine groups is 2. The summed E-state index contributed by atoms with van der Waals surface area (Å²) in [6, 6.07) is 63.9. The van der Waals surface area contributed by atoms with Gasteiger partial charge in [0.15, 0.2) is 18.0 Å². The molecule has 1 aliphatic rings. The summed E-state index contributed by atoms with van der Waals surface area (Å²) in [5.41, 5.74) is 16.0. The maximum absolute atomic E-state index is 11.9. The van der Waals surface area contributed by atoms with Gasteiger partial charge in [0.2, 0.25) is 11.8 Å². The highest BCUT2D eigenvalue weighted by atomic mass is 35.5. The molecular formula is C74H82B5ClN8O22S. The Morgan fingerprint density at radius 1 is 0.514 bits per heavy atom. The van der Waals surface area contributed by atoms with Gasteiger partial charge in [0.1, 0.15) is 23.3 Å². The van der Waals surface area contributed by atoms with Crippen molar-refractivity contribution in [2.75, 3.05) is 0 Å². The van der Waals surface area contributed by atoms with E-state index < -0.39 is 95.2 Å². The zero-order valence-electron chi connectivity index (χ0n) is 58.8. The summed E-state index contributed by atoms with van der Waals surface area (Å²) >= 11 is 6.45. The Hall–Kier alpha value is -12.0. The lowest BCUT2D eigenvalue weighted by atomic mass is 10.0. The van der Waals surface area contributed by atoms with Crippen LogP contribution >= 0.6 is 22.9 Å². The predicted octanol–water partition coefficient (Wildman–Crippen LogP) is 8.06. The molecule has 10 radical (unpaired) electrons. The lowest BCUT2D eigenvalue weighted by Crippen LogP contribution is -2.37. The molecular weight excluding hydrogens is 1470 g/mol. The van der Waals surface area contributed by atoms with Crippen LogP contribution in [-0.2, 0) is 71.3 Å². The molecule has 2 amide bonds. The molecule has 8 N–H and O–H groups in total. The molecule has 30 nitrogen and oxygen atoms in total. The van der Waals surface area contributed by atoms with Gasteiger partial charge >= 0.3 is 87.7 Å². The van der Waals surface area contributed by atoms with Crippen molar-refractivity contribution in [3.63, 3.8) is 0 Å². The minimum Gasteiger partial charge on any atom is -0.542 e. The highest BCUT2D eigenvalue weighted by molar-refractivity contribution is 7.09. The molecule has 0 bridgehead atoms. The van der Waals surface area contributed by atoms with Gasteiger partial charge in [-0.3, -0.25) is 38.4 Å². The number of hydrogen-bond donors (Lipinski definition) is 6. The Labute approximate surface area is 658 Å². The van der Waals surface area contributed by atoms with Crippen molar-refractivity contribution in [1.29, 1.82) is 0 Å². The topological polar surface area (TPSA) is 455 Å². The van der Waals surface area contributed by atoms with Gasteiger partial charge in [0.25, 0.3) is 11.8 Å². The molecule has 111 heavy (non-hydrogen) atoms. The normalized spacial score (nSPS) is 11.7. The molecule has 1 aliphatic heterocycles. The molecule has 0 saturated carbocycles. The van der Waals surface area contributed by atoms with Crippen molar-refractivity contribution in [3.8, 4) is 0 Å². The summed E-state index contributed by atoms with van der Waals surface area (Å²) in [5.74, 6) is 2.50. The predicted molar refractivity (Wildman–Crippen MR) is 418 cm³/mol. The Kier molecular flexibility index (Phi) is 54.0. The first-order valence-corrected chi connectivity index (χ1v) is 32.3. The lowest BCUT2D eigenvalue weighted by molar-refractivity contribution is -0.168. The number of aryl methyl sites for hydroxylation is 1. The molecule has 1 aromatic heterocycles. The van der Waals surface area contributed by atoms with E-state index in [1.807, 2.05) is 182 Å². The van der Waals surface area contributed by atoms with E-state index >= 15 is 0 Å². The van der Waals surface area contributed by atoms with Gasteiger partial charge in [-0.2, -0.15) is 9.89 Å². The first kappa shape index (κ1) is 103. The number of nitrogens with two attached hydrogens (primary N) is 2. The van der Waals surface area contributed by atoms with E-state index in [1.165, 1.54) is 70.4 Å². The van der Waals surface area contributed by atoms with Crippen molar-refractivity contribution in [2.24, 2.45) is 22.0 Å². The number of hydrazone groups is 1. The number of aliphatic carboxylic acids is 2. The molecule has 9 rings (SSSR count). The number of hydrogen-bond acceptors (Lipinski definition) is 26. The SMILES string of the molecule is C.C.C.C[C@H](O)C(=O)O.NN=C(c1ccccc1)c1ccccc1.O=C(c1ccccc1)c1ccccc1.[B]OC(=O)C(C)Cl.[B]OC(=O)[C@H](C)O.[B]OC(=O)[C@H](C)O/N=C(\C(=O)O)c1csc(C)n1.[B]OC(=O)[C@H](C)ON.[B]OC(=O)[C@H](C)ON1C(=O)c2ccccc2C1=O.[N-]=[N+]=C(c1ccccc1)c1ccccc1. The second kappa shape index (κ2) is 58.1. The number of nitrogens with zero attached hydrogens (tertiary/aromatic N) is 6. The fraction of sp³-hybridized carbons (Fsp3) is 0.216. The van der Waals surface area contributed by atoms with Crippen LogP contribution in [0.4, 0.5) is 0 Å². The molecule has 1 unspecified atom stereocenters. The third-order valence-electron chi connectivity index (χ3n) is 12.7. The summed E-state index contributed by atoms with van der Waals surface area (Å²) in [7, 11) is 22.6. The smallest absolute Gasteiger partial charge is 0.378 e. The number of rotatable bonds is 19. The number of halogens is 1. The molecule has 578 valence electrons. The van der Waals surface area contributed by atoms with E-state index in [1.54, 1.807) is 19.1 Å². The van der Waals surface area contributed by atoms with E-state index in [-0.39, 0.29) is 44.9 Å². The molecule has 37 heteroatoms. The first-order valence-electron chi connectivity index (χ1n) is 31.0. The molecule has 8 aromatic rings. The molecule has 0 fully saturated rings. The van der Waals surface area contributed by atoms with Crippen LogP contribution in [0.2, 0.25) is 0 Å². The third-order valence-corrected chi connectivity index (χ3v) is 13.6.